The van der Waals surface area contributed by atoms with Crippen molar-refractivity contribution < 1.29 is 14.6 Å². The Labute approximate surface area is 123 Å². The van der Waals surface area contributed by atoms with E-state index in [1.165, 1.54) is 0 Å². The van der Waals surface area contributed by atoms with E-state index >= 15 is 0 Å². The highest BCUT2D eigenvalue weighted by molar-refractivity contribution is 5.85. The molecule has 0 aromatic carbocycles. The Bertz CT molecular complexity index is 521. The van der Waals surface area contributed by atoms with Gasteiger partial charge in [0.1, 0.15) is 0 Å². The molecule has 7 heteroatoms. The summed E-state index contributed by atoms with van der Waals surface area (Å²) in [7, 11) is 1.57. The Morgan fingerprint density at radius 3 is 2.90 bits per heavy atom. The fourth-order valence-corrected chi connectivity index (χ4v) is 3.19. The Morgan fingerprint density at radius 1 is 1.48 bits per heavy atom. The molecule has 1 spiro atoms. The SMILES string of the molecule is COc1cnc(N2CC[C@H](O)[C@@]3(CCCNC3=O)C2)nc1. The first-order valence-corrected chi connectivity index (χ1v) is 7.23. The van der Waals surface area contributed by atoms with Crippen LogP contribution in [0.2, 0.25) is 0 Å². The van der Waals surface area contributed by atoms with Gasteiger partial charge in [-0.25, -0.2) is 9.97 Å². The predicted molar refractivity (Wildman–Crippen MR) is 76.1 cm³/mol. The Morgan fingerprint density at radius 2 is 2.24 bits per heavy atom. The van der Waals surface area contributed by atoms with Gasteiger partial charge in [-0.3, -0.25) is 4.79 Å². The number of aliphatic hydroxyl groups excluding tert-OH is 1. The van der Waals surface area contributed by atoms with E-state index in [1.807, 2.05) is 4.90 Å². The topological polar surface area (TPSA) is 87.6 Å². The summed E-state index contributed by atoms with van der Waals surface area (Å²) in [5.41, 5.74) is -0.736. The van der Waals surface area contributed by atoms with Gasteiger partial charge in [-0.15, -0.1) is 0 Å². The van der Waals surface area contributed by atoms with Crippen LogP contribution in [0.1, 0.15) is 19.3 Å². The van der Waals surface area contributed by atoms with Crippen LogP contribution >= 0.6 is 0 Å². The van der Waals surface area contributed by atoms with Crippen molar-refractivity contribution >= 4 is 11.9 Å². The number of ether oxygens (including phenoxy) is 1. The number of nitrogens with zero attached hydrogens (tertiary/aromatic N) is 3. The summed E-state index contributed by atoms with van der Waals surface area (Å²) in [6, 6.07) is 0. The van der Waals surface area contributed by atoms with Gasteiger partial charge in [0.05, 0.1) is 31.0 Å². The van der Waals surface area contributed by atoms with Crippen LogP contribution < -0.4 is 15.0 Å². The minimum absolute atomic E-state index is 0.0561. The molecule has 1 amide bonds. The van der Waals surface area contributed by atoms with Crippen LogP contribution in [-0.4, -0.2) is 53.8 Å². The van der Waals surface area contributed by atoms with Crippen LogP contribution in [0.4, 0.5) is 5.95 Å². The number of aliphatic hydroxyl groups is 1. The van der Waals surface area contributed by atoms with Crippen molar-refractivity contribution in [2.45, 2.75) is 25.4 Å². The van der Waals surface area contributed by atoms with Crippen molar-refractivity contribution in [3.05, 3.63) is 12.4 Å². The number of methoxy groups -OCH3 is 1. The van der Waals surface area contributed by atoms with Gasteiger partial charge in [0.25, 0.3) is 0 Å². The molecule has 3 rings (SSSR count). The molecule has 7 nitrogen and oxygen atoms in total. The molecule has 21 heavy (non-hydrogen) atoms. The molecule has 114 valence electrons. The standard InChI is InChI=1S/C14H20N4O3/c1-21-10-7-16-13(17-8-10)18-6-3-11(19)14(9-18)4-2-5-15-12(14)20/h7-8,11,19H,2-6,9H2,1H3,(H,15,20)/t11-,14+/m0/s1. The third-order valence-corrected chi connectivity index (χ3v) is 4.45. The molecule has 2 aliphatic rings. The molecule has 1 aromatic heterocycles. The number of hydrogen-bond donors (Lipinski definition) is 2. The molecule has 2 saturated heterocycles. The van der Waals surface area contributed by atoms with Crippen molar-refractivity contribution in [1.29, 1.82) is 0 Å². The molecule has 2 fully saturated rings. The van der Waals surface area contributed by atoms with E-state index in [0.717, 1.165) is 6.42 Å². The second-order valence-corrected chi connectivity index (χ2v) is 5.66. The van der Waals surface area contributed by atoms with E-state index in [0.29, 0.717) is 44.2 Å². The lowest BCUT2D eigenvalue weighted by Gasteiger charge is -2.46. The number of amides is 1. The van der Waals surface area contributed by atoms with Crippen LogP contribution in [0.3, 0.4) is 0 Å². The minimum Gasteiger partial charge on any atom is -0.494 e. The molecule has 0 radical (unpaired) electrons. The second-order valence-electron chi connectivity index (χ2n) is 5.66. The number of piperidine rings is 2. The van der Waals surface area contributed by atoms with Crippen molar-refractivity contribution in [2.75, 3.05) is 31.6 Å². The van der Waals surface area contributed by atoms with Gasteiger partial charge < -0.3 is 20.1 Å². The fourth-order valence-electron chi connectivity index (χ4n) is 3.19. The van der Waals surface area contributed by atoms with Gasteiger partial charge in [0, 0.05) is 19.6 Å². The third kappa shape index (κ3) is 2.42. The summed E-state index contributed by atoms with van der Waals surface area (Å²) in [4.78, 5) is 22.8. The molecular weight excluding hydrogens is 272 g/mol. The zero-order chi connectivity index (χ0) is 14.9. The molecule has 3 heterocycles. The van der Waals surface area contributed by atoms with E-state index in [4.69, 9.17) is 4.74 Å². The molecule has 0 unspecified atom stereocenters. The number of anilines is 1. The van der Waals surface area contributed by atoms with Gasteiger partial charge in [-0.2, -0.15) is 0 Å². The number of hydrogen-bond acceptors (Lipinski definition) is 6. The maximum atomic E-state index is 12.3. The minimum atomic E-state index is -0.736. The summed E-state index contributed by atoms with van der Waals surface area (Å²) in [6.07, 6.45) is 4.75. The van der Waals surface area contributed by atoms with E-state index in [2.05, 4.69) is 15.3 Å². The van der Waals surface area contributed by atoms with Crippen LogP contribution in [0.5, 0.6) is 5.75 Å². The van der Waals surface area contributed by atoms with Crippen LogP contribution in [0.15, 0.2) is 12.4 Å². The summed E-state index contributed by atoms with van der Waals surface area (Å²) in [6.45, 7) is 1.78. The number of rotatable bonds is 2. The highest BCUT2D eigenvalue weighted by Gasteiger charge is 2.50. The zero-order valence-electron chi connectivity index (χ0n) is 12.1. The molecule has 0 saturated carbocycles. The lowest BCUT2D eigenvalue weighted by molar-refractivity contribution is -0.142. The summed E-state index contributed by atoms with van der Waals surface area (Å²) in [5, 5.41) is 13.2. The fraction of sp³-hybridized carbons (Fsp3) is 0.643. The summed E-state index contributed by atoms with van der Waals surface area (Å²) < 4.78 is 5.05. The molecular formula is C14H20N4O3. The quantitative estimate of drug-likeness (QED) is 0.795. The lowest BCUT2D eigenvalue weighted by atomic mass is 9.71. The maximum absolute atomic E-state index is 12.3. The molecule has 2 aliphatic heterocycles. The highest BCUT2D eigenvalue weighted by Crippen LogP contribution is 2.38. The average molecular weight is 292 g/mol. The van der Waals surface area contributed by atoms with Gasteiger partial charge >= 0.3 is 0 Å². The first-order valence-electron chi connectivity index (χ1n) is 7.23. The van der Waals surface area contributed by atoms with Gasteiger partial charge in [-0.05, 0) is 19.3 Å². The van der Waals surface area contributed by atoms with Crippen molar-refractivity contribution in [3.8, 4) is 5.75 Å². The molecule has 0 bridgehead atoms. The van der Waals surface area contributed by atoms with Crippen LogP contribution in [-0.2, 0) is 4.79 Å². The average Bonchev–Trinajstić information content (AvgIpc) is 2.53. The Balaban J connectivity index is 1.83. The molecule has 0 aliphatic carbocycles. The first-order chi connectivity index (χ1) is 10.2. The second kappa shape index (κ2) is 5.48. The van der Waals surface area contributed by atoms with E-state index < -0.39 is 11.5 Å². The van der Waals surface area contributed by atoms with Crippen molar-refractivity contribution in [2.24, 2.45) is 5.41 Å². The van der Waals surface area contributed by atoms with E-state index in [9.17, 15) is 9.90 Å². The first kappa shape index (κ1) is 14.1. The van der Waals surface area contributed by atoms with Crippen LogP contribution in [0.25, 0.3) is 0 Å². The molecule has 1 aromatic rings. The maximum Gasteiger partial charge on any atom is 0.230 e. The lowest BCUT2D eigenvalue weighted by Crippen LogP contribution is -2.61. The number of nitrogens with one attached hydrogen (secondary N) is 1. The van der Waals surface area contributed by atoms with Crippen molar-refractivity contribution in [3.63, 3.8) is 0 Å². The number of carbonyl (C=O) groups excluding carboxylic acids is 1. The third-order valence-electron chi connectivity index (χ3n) is 4.45. The molecule has 2 atom stereocenters. The predicted octanol–water partition coefficient (Wildman–Crippen LogP) is -0.0474. The number of carbonyl (C=O) groups is 1. The Kier molecular flexibility index (Phi) is 3.67. The number of aromatic nitrogens is 2. The van der Waals surface area contributed by atoms with E-state index in [-0.39, 0.29) is 5.91 Å². The normalized spacial score (nSPS) is 29.3. The monoisotopic (exact) mass is 292 g/mol. The summed E-state index contributed by atoms with van der Waals surface area (Å²) >= 11 is 0. The largest absolute Gasteiger partial charge is 0.494 e. The van der Waals surface area contributed by atoms with Gasteiger partial charge in [0.2, 0.25) is 11.9 Å². The van der Waals surface area contributed by atoms with E-state index in [1.54, 1.807) is 19.5 Å². The Hall–Kier alpha value is -1.89. The summed E-state index contributed by atoms with van der Waals surface area (Å²) in [5.74, 6) is 1.11. The van der Waals surface area contributed by atoms with Crippen LogP contribution in [0, 0.1) is 5.41 Å². The zero-order valence-corrected chi connectivity index (χ0v) is 12.1. The molecule has 2 N–H and O–H groups in total. The van der Waals surface area contributed by atoms with Crippen molar-refractivity contribution in [1.82, 2.24) is 15.3 Å². The van der Waals surface area contributed by atoms with Gasteiger partial charge in [0.15, 0.2) is 5.75 Å². The smallest absolute Gasteiger partial charge is 0.230 e. The van der Waals surface area contributed by atoms with Gasteiger partial charge in [-0.1, -0.05) is 0 Å². The highest BCUT2D eigenvalue weighted by atomic mass is 16.5.